The van der Waals surface area contributed by atoms with Gasteiger partial charge in [0.2, 0.25) is 0 Å². The van der Waals surface area contributed by atoms with Crippen molar-refractivity contribution in [1.29, 1.82) is 0 Å². The number of imidazole rings is 1. The Morgan fingerprint density at radius 3 is 2.70 bits per heavy atom. The molecule has 0 aromatic carbocycles. The predicted octanol–water partition coefficient (Wildman–Crippen LogP) is 5.81. The molecule has 1 aliphatic heterocycles. The van der Waals surface area contributed by atoms with Gasteiger partial charge < -0.3 is 4.98 Å². The quantitative estimate of drug-likeness (QED) is 0.304. The van der Waals surface area contributed by atoms with Crippen LogP contribution in [0, 0.1) is 5.13 Å². The summed E-state index contributed by atoms with van der Waals surface area (Å²) in [6.07, 6.45) is 11.2. The van der Waals surface area contributed by atoms with Crippen LogP contribution in [-0.4, -0.2) is 53.1 Å². The van der Waals surface area contributed by atoms with Gasteiger partial charge in [0.1, 0.15) is 11.2 Å². The van der Waals surface area contributed by atoms with Crippen LogP contribution in [0.15, 0.2) is 55.1 Å². The number of pyridine rings is 3. The summed E-state index contributed by atoms with van der Waals surface area (Å²) in [6, 6.07) is 9.34. The van der Waals surface area contributed by atoms with Crippen LogP contribution in [0.3, 0.4) is 0 Å². The summed E-state index contributed by atoms with van der Waals surface area (Å²) < 4.78 is 13.7. The molecule has 0 amide bonds. The number of aromatic amines is 2. The lowest BCUT2D eigenvalue weighted by molar-refractivity contribution is 0.220. The summed E-state index contributed by atoms with van der Waals surface area (Å²) in [4.78, 5) is 25.0. The Balaban J connectivity index is 1.26. The first-order valence-corrected chi connectivity index (χ1v) is 13.1. The highest BCUT2D eigenvalue weighted by atomic mass is 32.1. The van der Waals surface area contributed by atoms with E-state index in [0.29, 0.717) is 28.3 Å². The van der Waals surface area contributed by atoms with E-state index < -0.39 is 0 Å². The minimum Gasteiger partial charge on any atom is -0.321 e. The van der Waals surface area contributed by atoms with Crippen molar-refractivity contribution in [3.05, 3.63) is 65.8 Å². The van der Waals surface area contributed by atoms with E-state index in [1.807, 2.05) is 24.7 Å². The molecule has 1 aliphatic rings. The molecule has 37 heavy (non-hydrogen) atoms. The largest absolute Gasteiger partial charge is 0.321 e. The molecule has 0 saturated carbocycles. The number of aromatic nitrogens is 7. The van der Waals surface area contributed by atoms with Gasteiger partial charge in [-0.15, -0.1) is 11.3 Å². The molecule has 7 heterocycles. The fourth-order valence-corrected chi connectivity index (χ4v) is 5.79. The van der Waals surface area contributed by atoms with Crippen LogP contribution >= 0.6 is 11.3 Å². The SMILES string of the molecule is Fc1ccc(-c2ccnc3[nH]c(-c4n[nH]c5ncc(-c6cncc(CN7CCCCC7)c6)cc45)nc23)s1. The van der Waals surface area contributed by atoms with Crippen LogP contribution in [0.4, 0.5) is 4.39 Å². The molecule has 0 aliphatic carbocycles. The second-order valence-electron chi connectivity index (χ2n) is 9.36. The standard InChI is InChI=1S/C27H23FN8S/c28-22-5-4-21(37-22)19-6-7-30-26-23(19)32-27(33-26)24-20-11-18(14-31-25(20)35-34-24)17-10-16(12-29-13-17)15-36-8-2-1-3-9-36/h4-7,10-14H,1-3,8-9,15H2,(H,30,32,33)(H,31,34,35). The van der Waals surface area contributed by atoms with Crippen molar-refractivity contribution in [2.75, 3.05) is 13.1 Å². The van der Waals surface area contributed by atoms with E-state index in [4.69, 9.17) is 4.98 Å². The minimum absolute atomic E-state index is 0.234. The molecule has 184 valence electrons. The van der Waals surface area contributed by atoms with E-state index in [1.165, 1.54) is 30.9 Å². The number of piperidine rings is 1. The molecule has 1 fully saturated rings. The van der Waals surface area contributed by atoms with Crippen molar-refractivity contribution in [1.82, 2.24) is 40.0 Å². The normalized spacial score (nSPS) is 14.6. The van der Waals surface area contributed by atoms with Crippen molar-refractivity contribution in [3.63, 3.8) is 0 Å². The van der Waals surface area contributed by atoms with Gasteiger partial charge in [-0.3, -0.25) is 15.0 Å². The van der Waals surface area contributed by atoms with E-state index in [1.54, 1.807) is 12.3 Å². The third-order valence-corrected chi connectivity index (χ3v) is 7.75. The molecule has 0 radical (unpaired) electrons. The third-order valence-electron chi connectivity index (χ3n) is 6.85. The molecule has 6 aromatic heterocycles. The van der Waals surface area contributed by atoms with E-state index in [-0.39, 0.29) is 5.13 Å². The average molecular weight is 511 g/mol. The van der Waals surface area contributed by atoms with Crippen molar-refractivity contribution in [2.45, 2.75) is 25.8 Å². The van der Waals surface area contributed by atoms with Crippen molar-refractivity contribution in [3.8, 4) is 33.1 Å². The van der Waals surface area contributed by atoms with Gasteiger partial charge in [-0.05, 0) is 61.8 Å². The fourth-order valence-electron chi connectivity index (χ4n) is 5.03. The topological polar surface area (TPSA) is 99.3 Å². The van der Waals surface area contributed by atoms with E-state index in [2.05, 4.69) is 47.2 Å². The number of H-pyrrole nitrogens is 2. The average Bonchev–Trinajstić information content (AvgIpc) is 3.66. The summed E-state index contributed by atoms with van der Waals surface area (Å²) in [5.74, 6) is 0.578. The summed E-state index contributed by atoms with van der Waals surface area (Å²) in [5.41, 5.74) is 6.64. The number of hydrogen-bond acceptors (Lipinski definition) is 7. The minimum atomic E-state index is -0.234. The zero-order chi connectivity index (χ0) is 24.8. The summed E-state index contributed by atoms with van der Waals surface area (Å²) in [5, 5.41) is 8.14. The number of nitrogens with zero attached hydrogens (tertiary/aromatic N) is 6. The highest BCUT2D eigenvalue weighted by Crippen LogP contribution is 2.34. The number of nitrogens with one attached hydrogen (secondary N) is 2. The van der Waals surface area contributed by atoms with Gasteiger partial charge in [-0.1, -0.05) is 6.42 Å². The van der Waals surface area contributed by atoms with Gasteiger partial charge in [0.25, 0.3) is 0 Å². The maximum Gasteiger partial charge on any atom is 0.176 e. The first-order chi connectivity index (χ1) is 18.2. The van der Waals surface area contributed by atoms with Gasteiger partial charge in [-0.2, -0.15) is 9.49 Å². The molecule has 0 bridgehead atoms. The lowest BCUT2D eigenvalue weighted by Crippen LogP contribution is -2.29. The van der Waals surface area contributed by atoms with Gasteiger partial charge >= 0.3 is 0 Å². The number of thiophene rings is 1. The Hall–Kier alpha value is -4.02. The van der Waals surface area contributed by atoms with Crippen LogP contribution in [0.2, 0.25) is 0 Å². The lowest BCUT2D eigenvalue weighted by atomic mass is 10.1. The molecular weight excluding hydrogens is 487 g/mol. The Labute approximate surface area is 215 Å². The maximum atomic E-state index is 13.7. The van der Waals surface area contributed by atoms with Gasteiger partial charge in [0.05, 0.1) is 5.39 Å². The van der Waals surface area contributed by atoms with E-state index >= 15 is 0 Å². The highest BCUT2D eigenvalue weighted by Gasteiger charge is 2.18. The zero-order valence-corrected chi connectivity index (χ0v) is 20.7. The molecule has 0 unspecified atom stereocenters. The van der Waals surface area contributed by atoms with Gasteiger partial charge in [-0.25, -0.2) is 15.0 Å². The molecule has 6 aromatic rings. The molecule has 10 heteroatoms. The molecule has 7 rings (SSSR count). The van der Waals surface area contributed by atoms with Crippen LogP contribution in [0.25, 0.3) is 55.3 Å². The fraction of sp³-hybridized carbons (Fsp3) is 0.222. The number of likely N-dealkylation sites (tertiary alicyclic amines) is 1. The Bertz CT molecular complexity index is 1730. The first-order valence-electron chi connectivity index (χ1n) is 12.3. The van der Waals surface area contributed by atoms with E-state index in [0.717, 1.165) is 57.9 Å². The maximum absolute atomic E-state index is 13.7. The zero-order valence-electron chi connectivity index (χ0n) is 19.9. The van der Waals surface area contributed by atoms with Crippen LogP contribution in [-0.2, 0) is 6.54 Å². The number of fused-ring (bicyclic) bond motifs is 2. The molecule has 0 atom stereocenters. The van der Waals surface area contributed by atoms with Crippen LogP contribution in [0.1, 0.15) is 24.8 Å². The number of hydrogen-bond donors (Lipinski definition) is 2. The van der Waals surface area contributed by atoms with Crippen LogP contribution < -0.4 is 0 Å². The van der Waals surface area contributed by atoms with E-state index in [9.17, 15) is 4.39 Å². The molecule has 8 nitrogen and oxygen atoms in total. The summed E-state index contributed by atoms with van der Waals surface area (Å²) in [6.45, 7) is 3.20. The Kier molecular flexibility index (Phi) is 5.48. The summed E-state index contributed by atoms with van der Waals surface area (Å²) >= 11 is 1.09. The van der Waals surface area contributed by atoms with Crippen molar-refractivity contribution in [2.24, 2.45) is 0 Å². The molecule has 1 saturated heterocycles. The smallest absolute Gasteiger partial charge is 0.176 e. The van der Waals surface area contributed by atoms with Gasteiger partial charge in [0.15, 0.2) is 22.2 Å². The monoisotopic (exact) mass is 510 g/mol. The second kappa shape index (κ2) is 9.13. The third kappa shape index (κ3) is 4.17. The molecular formula is C27H23FN8S. The Morgan fingerprint density at radius 2 is 1.84 bits per heavy atom. The number of halogens is 1. The highest BCUT2D eigenvalue weighted by molar-refractivity contribution is 7.14. The summed E-state index contributed by atoms with van der Waals surface area (Å²) in [7, 11) is 0. The predicted molar refractivity (Wildman–Crippen MR) is 142 cm³/mol. The van der Waals surface area contributed by atoms with Crippen LogP contribution in [0.5, 0.6) is 0 Å². The molecule has 2 N–H and O–H groups in total. The van der Waals surface area contributed by atoms with Gasteiger partial charge in [0, 0.05) is 52.9 Å². The van der Waals surface area contributed by atoms with Crippen molar-refractivity contribution >= 4 is 33.5 Å². The second-order valence-corrected chi connectivity index (χ2v) is 10.4. The van der Waals surface area contributed by atoms with Crippen molar-refractivity contribution < 1.29 is 4.39 Å². The number of rotatable bonds is 5. The lowest BCUT2D eigenvalue weighted by Gasteiger charge is -2.26. The molecule has 0 spiro atoms. The Morgan fingerprint density at radius 1 is 0.946 bits per heavy atom. The first kappa shape index (κ1) is 22.2.